The van der Waals surface area contributed by atoms with E-state index in [9.17, 15) is 18.8 Å². The van der Waals surface area contributed by atoms with Crippen molar-refractivity contribution < 1.29 is 23.5 Å². The molecule has 1 aromatic carbocycles. The topological polar surface area (TPSA) is 88.3 Å². The van der Waals surface area contributed by atoms with Crippen LogP contribution in [0.4, 0.5) is 10.1 Å². The summed E-state index contributed by atoms with van der Waals surface area (Å²) >= 11 is 3.11. The van der Waals surface area contributed by atoms with Gasteiger partial charge in [0.15, 0.2) is 12.4 Å². The first kappa shape index (κ1) is 18.9. The van der Waals surface area contributed by atoms with Crippen molar-refractivity contribution in [3.8, 4) is 0 Å². The molecule has 132 valence electrons. The Balaban J connectivity index is 2.01. The lowest BCUT2D eigenvalue weighted by atomic mass is 10.1. The molecule has 0 aliphatic carbocycles. The van der Waals surface area contributed by atoms with Crippen LogP contribution in [0.3, 0.4) is 0 Å². The average Bonchev–Trinajstić information content (AvgIpc) is 2.82. The predicted molar refractivity (Wildman–Crippen MR) is 93.3 cm³/mol. The molecule has 25 heavy (non-hydrogen) atoms. The predicted octanol–water partition coefficient (Wildman–Crippen LogP) is 3.53. The van der Waals surface area contributed by atoms with Gasteiger partial charge in [0.2, 0.25) is 0 Å². The zero-order chi connectivity index (χ0) is 18.7. The number of aromatic nitrogens is 1. The summed E-state index contributed by atoms with van der Waals surface area (Å²) in [6.45, 7) is 4.11. The number of hydrogen-bond donors (Lipinski definition) is 2. The zero-order valence-electron chi connectivity index (χ0n) is 13.8. The summed E-state index contributed by atoms with van der Waals surface area (Å²) in [6.07, 6.45) is 0. The number of benzene rings is 1. The Hall–Kier alpha value is -2.48. The SMILES string of the molecule is CC(=O)c1c(C)[nH]c(C(=O)OCC(=O)Nc2ccc(Br)cc2F)c1C. The Morgan fingerprint density at radius 2 is 1.96 bits per heavy atom. The fourth-order valence-corrected chi connectivity index (χ4v) is 2.80. The molecule has 2 rings (SSSR count). The van der Waals surface area contributed by atoms with E-state index < -0.39 is 24.3 Å². The summed E-state index contributed by atoms with van der Waals surface area (Å²) in [5.41, 5.74) is 1.54. The molecule has 0 radical (unpaired) electrons. The van der Waals surface area contributed by atoms with Crippen LogP contribution in [0.2, 0.25) is 0 Å². The standard InChI is InChI=1S/C17H16BrFN2O4/c1-8-15(10(3)22)9(2)20-16(8)17(24)25-7-14(23)21-13-5-4-11(18)6-12(13)19/h4-6,20H,7H2,1-3H3,(H,21,23). The first-order valence-corrected chi connectivity index (χ1v) is 8.12. The number of ketones is 1. The number of Topliss-reactive ketones (excluding diaryl/α,β-unsaturated/α-hetero) is 1. The monoisotopic (exact) mass is 410 g/mol. The molecule has 1 amide bonds. The normalized spacial score (nSPS) is 10.4. The maximum atomic E-state index is 13.7. The van der Waals surface area contributed by atoms with Crippen molar-refractivity contribution in [3.63, 3.8) is 0 Å². The number of halogens is 2. The number of carbonyl (C=O) groups excluding carboxylic acids is 3. The molecule has 0 saturated heterocycles. The van der Waals surface area contributed by atoms with Crippen molar-refractivity contribution in [1.29, 1.82) is 0 Å². The van der Waals surface area contributed by atoms with Gasteiger partial charge in [0.1, 0.15) is 11.5 Å². The first-order chi connectivity index (χ1) is 11.7. The van der Waals surface area contributed by atoms with Gasteiger partial charge in [-0.3, -0.25) is 9.59 Å². The van der Waals surface area contributed by atoms with Crippen molar-refractivity contribution in [3.05, 3.63) is 51.0 Å². The van der Waals surface area contributed by atoms with Crippen molar-refractivity contribution in [2.45, 2.75) is 20.8 Å². The maximum absolute atomic E-state index is 13.7. The molecule has 0 spiro atoms. The van der Waals surface area contributed by atoms with Crippen LogP contribution in [0, 0.1) is 19.7 Å². The number of hydrogen-bond acceptors (Lipinski definition) is 4. The fraction of sp³-hybridized carbons (Fsp3) is 0.235. The minimum absolute atomic E-state index is 0.0185. The van der Waals surface area contributed by atoms with Crippen molar-refractivity contribution >= 4 is 39.3 Å². The van der Waals surface area contributed by atoms with Gasteiger partial charge in [0.05, 0.1) is 5.69 Å². The quantitative estimate of drug-likeness (QED) is 0.582. The van der Waals surface area contributed by atoms with Crippen LogP contribution in [-0.2, 0) is 9.53 Å². The number of H-pyrrole nitrogens is 1. The van der Waals surface area contributed by atoms with Crippen LogP contribution >= 0.6 is 15.9 Å². The number of carbonyl (C=O) groups is 3. The number of amides is 1. The van der Waals surface area contributed by atoms with Gasteiger partial charge in [-0.2, -0.15) is 0 Å². The van der Waals surface area contributed by atoms with Crippen LogP contribution in [0.15, 0.2) is 22.7 Å². The summed E-state index contributed by atoms with van der Waals surface area (Å²) in [5, 5.41) is 2.32. The van der Waals surface area contributed by atoms with Gasteiger partial charge in [-0.05, 0) is 44.5 Å². The number of nitrogens with one attached hydrogen (secondary N) is 2. The van der Waals surface area contributed by atoms with Gasteiger partial charge in [0.25, 0.3) is 5.91 Å². The molecule has 0 fully saturated rings. The van der Waals surface area contributed by atoms with Crippen molar-refractivity contribution in [2.75, 3.05) is 11.9 Å². The van der Waals surface area contributed by atoms with Crippen LogP contribution in [-0.4, -0.2) is 29.3 Å². The molecule has 8 heteroatoms. The Kier molecular flexibility index (Phi) is 5.73. The van der Waals surface area contributed by atoms with Gasteiger partial charge in [0, 0.05) is 15.7 Å². The van der Waals surface area contributed by atoms with Crippen LogP contribution in [0.25, 0.3) is 0 Å². The number of aromatic amines is 1. The number of rotatable bonds is 5. The second-order valence-electron chi connectivity index (χ2n) is 5.43. The molecule has 6 nitrogen and oxygen atoms in total. The summed E-state index contributed by atoms with van der Waals surface area (Å²) in [5.74, 6) is -2.23. The molecule has 0 bridgehead atoms. The fourth-order valence-electron chi connectivity index (χ4n) is 2.46. The number of anilines is 1. The van der Waals surface area contributed by atoms with E-state index in [0.717, 1.165) is 0 Å². The van der Waals surface area contributed by atoms with Crippen molar-refractivity contribution in [2.24, 2.45) is 0 Å². The molecule has 2 N–H and O–H groups in total. The van der Waals surface area contributed by atoms with Crippen LogP contribution < -0.4 is 5.32 Å². The summed E-state index contributed by atoms with van der Waals surface area (Å²) in [7, 11) is 0. The van der Waals surface area contributed by atoms with E-state index in [2.05, 4.69) is 26.2 Å². The summed E-state index contributed by atoms with van der Waals surface area (Å²) in [4.78, 5) is 38.3. The highest BCUT2D eigenvalue weighted by atomic mass is 79.9. The lowest BCUT2D eigenvalue weighted by Crippen LogP contribution is -2.22. The molecule has 0 aliphatic rings. The first-order valence-electron chi connectivity index (χ1n) is 7.32. The van der Waals surface area contributed by atoms with E-state index in [1.54, 1.807) is 19.9 Å². The second kappa shape index (κ2) is 7.60. The number of aryl methyl sites for hydroxylation is 1. The summed E-state index contributed by atoms with van der Waals surface area (Å²) < 4.78 is 19.1. The minimum atomic E-state index is -0.764. The Bertz CT molecular complexity index is 861. The van der Waals surface area contributed by atoms with Gasteiger partial charge in [-0.1, -0.05) is 15.9 Å². The smallest absolute Gasteiger partial charge is 0.355 e. The zero-order valence-corrected chi connectivity index (χ0v) is 15.4. The number of esters is 1. The van der Waals surface area contributed by atoms with Gasteiger partial charge < -0.3 is 15.0 Å². The number of ether oxygens (including phenoxy) is 1. The lowest BCUT2D eigenvalue weighted by molar-refractivity contribution is -0.119. The van der Waals surface area contributed by atoms with E-state index in [0.29, 0.717) is 21.3 Å². The van der Waals surface area contributed by atoms with Crippen LogP contribution in [0.5, 0.6) is 0 Å². The average molecular weight is 411 g/mol. The molecule has 1 aromatic heterocycles. The highest BCUT2D eigenvalue weighted by molar-refractivity contribution is 9.10. The molecule has 1 heterocycles. The molecule has 0 atom stereocenters. The van der Waals surface area contributed by atoms with E-state index in [1.807, 2.05) is 0 Å². The van der Waals surface area contributed by atoms with E-state index in [1.165, 1.54) is 19.1 Å². The lowest BCUT2D eigenvalue weighted by Gasteiger charge is -2.07. The highest BCUT2D eigenvalue weighted by Crippen LogP contribution is 2.20. The highest BCUT2D eigenvalue weighted by Gasteiger charge is 2.21. The second-order valence-corrected chi connectivity index (χ2v) is 6.35. The van der Waals surface area contributed by atoms with Gasteiger partial charge in [-0.25, -0.2) is 9.18 Å². The third-order valence-corrected chi connectivity index (χ3v) is 4.03. The van der Waals surface area contributed by atoms with E-state index >= 15 is 0 Å². The molecule has 0 saturated carbocycles. The molecule has 0 aliphatic heterocycles. The maximum Gasteiger partial charge on any atom is 0.355 e. The molecule has 2 aromatic rings. The van der Waals surface area contributed by atoms with E-state index in [4.69, 9.17) is 4.74 Å². The third kappa shape index (κ3) is 4.33. The Morgan fingerprint density at radius 1 is 1.28 bits per heavy atom. The van der Waals surface area contributed by atoms with Gasteiger partial charge in [-0.15, -0.1) is 0 Å². The van der Waals surface area contributed by atoms with Crippen LogP contribution in [0.1, 0.15) is 39.0 Å². The van der Waals surface area contributed by atoms with Gasteiger partial charge >= 0.3 is 5.97 Å². The van der Waals surface area contributed by atoms with Crippen molar-refractivity contribution in [1.82, 2.24) is 4.98 Å². The minimum Gasteiger partial charge on any atom is -0.451 e. The molecular formula is C17H16BrFN2O4. The molecule has 0 unspecified atom stereocenters. The molecular weight excluding hydrogens is 395 g/mol. The summed E-state index contributed by atoms with van der Waals surface area (Å²) in [6, 6.07) is 4.16. The van der Waals surface area contributed by atoms with E-state index in [-0.39, 0.29) is 17.2 Å². The largest absolute Gasteiger partial charge is 0.451 e. The Labute approximate surface area is 151 Å². The third-order valence-electron chi connectivity index (χ3n) is 3.53. The Morgan fingerprint density at radius 3 is 2.52 bits per heavy atom.